The van der Waals surface area contributed by atoms with Gasteiger partial charge in [0.05, 0.1) is 17.0 Å². The number of hydrogen-bond acceptors (Lipinski definition) is 5. The maximum atomic E-state index is 13.8. The average Bonchev–Trinajstić information content (AvgIpc) is 3.07. The predicted octanol–water partition coefficient (Wildman–Crippen LogP) is 4.60. The first-order valence-corrected chi connectivity index (χ1v) is 9.92. The Labute approximate surface area is 177 Å². The molecule has 1 aliphatic rings. The Bertz CT molecular complexity index is 1360. The molecule has 3 heterocycles. The molecule has 4 aromatic rings. The minimum absolute atomic E-state index is 0.0745. The van der Waals surface area contributed by atoms with Crippen molar-refractivity contribution in [2.75, 3.05) is 4.90 Å². The van der Waals surface area contributed by atoms with Crippen molar-refractivity contribution in [3.63, 3.8) is 0 Å². The Morgan fingerprint density at radius 1 is 1.03 bits per heavy atom. The molecule has 0 saturated heterocycles. The molecule has 1 atom stereocenters. The van der Waals surface area contributed by atoms with Crippen molar-refractivity contribution in [2.45, 2.75) is 25.8 Å². The minimum Gasteiger partial charge on any atom is -0.450 e. The second-order valence-electron chi connectivity index (χ2n) is 7.76. The first-order valence-electron chi connectivity index (χ1n) is 9.92. The Kier molecular flexibility index (Phi) is 4.39. The van der Waals surface area contributed by atoms with Gasteiger partial charge in [0, 0.05) is 12.4 Å². The summed E-state index contributed by atoms with van der Waals surface area (Å²) in [6, 6.07) is 12.2. The van der Waals surface area contributed by atoms with Crippen LogP contribution in [0.15, 0.2) is 70.1 Å². The Hall–Kier alpha value is -3.87. The van der Waals surface area contributed by atoms with Gasteiger partial charge in [-0.25, -0.2) is 14.4 Å². The van der Waals surface area contributed by atoms with Crippen LogP contribution in [-0.2, 0) is 0 Å². The average molecular weight is 415 g/mol. The van der Waals surface area contributed by atoms with Gasteiger partial charge in [0.1, 0.15) is 11.4 Å². The van der Waals surface area contributed by atoms with Gasteiger partial charge >= 0.3 is 0 Å². The van der Waals surface area contributed by atoms with Gasteiger partial charge in [-0.15, -0.1) is 0 Å². The van der Waals surface area contributed by atoms with Crippen LogP contribution in [0.5, 0.6) is 0 Å². The fourth-order valence-corrected chi connectivity index (χ4v) is 3.95. The second-order valence-corrected chi connectivity index (χ2v) is 7.76. The van der Waals surface area contributed by atoms with Gasteiger partial charge in [-0.1, -0.05) is 38.1 Å². The van der Waals surface area contributed by atoms with Crippen LogP contribution in [0.2, 0.25) is 0 Å². The molecule has 1 aliphatic heterocycles. The summed E-state index contributed by atoms with van der Waals surface area (Å²) >= 11 is 0. The molecule has 1 amide bonds. The quantitative estimate of drug-likeness (QED) is 0.489. The van der Waals surface area contributed by atoms with Crippen LogP contribution in [0.3, 0.4) is 0 Å². The van der Waals surface area contributed by atoms with E-state index in [-0.39, 0.29) is 28.2 Å². The molecular weight excluding hydrogens is 397 g/mol. The van der Waals surface area contributed by atoms with Gasteiger partial charge < -0.3 is 4.42 Å². The SMILES string of the molecule is CC(C)c1ccc(C2c3c(oc4ccc(F)cc4c3=O)C(=O)N2c2ncccn2)cc1. The molecule has 0 radical (unpaired) electrons. The van der Waals surface area contributed by atoms with Gasteiger partial charge in [-0.2, -0.15) is 0 Å². The van der Waals surface area contributed by atoms with E-state index < -0.39 is 23.2 Å². The van der Waals surface area contributed by atoms with Gasteiger partial charge in [0.2, 0.25) is 11.7 Å². The second kappa shape index (κ2) is 7.12. The van der Waals surface area contributed by atoms with E-state index in [1.54, 1.807) is 6.07 Å². The number of amides is 1. The topological polar surface area (TPSA) is 76.3 Å². The summed E-state index contributed by atoms with van der Waals surface area (Å²) in [5, 5.41) is 0.0891. The van der Waals surface area contributed by atoms with Gasteiger partial charge in [-0.3, -0.25) is 14.5 Å². The third-order valence-electron chi connectivity index (χ3n) is 5.52. The van der Waals surface area contributed by atoms with E-state index in [1.165, 1.54) is 29.4 Å². The largest absolute Gasteiger partial charge is 0.450 e. The Balaban J connectivity index is 1.78. The fraction of sp³-hybridized carbons (Fsp3) is 0.167. The monoisotopic (exact) mass is 415 g/mol. The normalized spacial score (nSPS) is 15.7. The van der Waals surface area contributed by atoms with Crippen LogP contribution in [0.4, 0.5) is 10.3 Å². The summed E-state index contributed by atoms with van der Waals surface area (Å²) in [6.07, 6.45) is 3.05. The van der Waals surface area contributed by atoms with E-state index in [1.807, 2.05) is 24.3 Å². The van der Waals surface area contributed by atoms with Crippen LogP contribution in [0.1, 0.15) is 53.1 Å². The third kappa shape index (κ3) is 3.01. The zero-order chi connectivity index (χ0) is 21.7. The first kappa shape index (κ1) is 19.1. The van der Waals surface area contributed by atoms with Crippen LogP contribution < -0.4 is 10.3 Å². The molecule has 0 saturated carbocycles. The molecule has 6 nitrogen and oxygen atoms in total. The van der Waals surface area contributed by atoms with E-state index in [0.29, 0.717) is 11.5 Å². The molecule has 0 aliphatic carbocycles. The molecule has 0 fully saturated rings. The van der Waals surface area contributed by atoms with Crippen molar-refractivity contribution in [1.82, 2.24) is 9.97 Å². The number of rotatable bonds is 3. The van der Waals surface area contributed by atoms with Crippen molar-refractivity contribution in [2.24, 2.45) is 0 Å². The molecule has 0 N–H and O–H groups in total. The zero-order valence-corrected chi connectivity index (χ0v) is 16.9. The minimum atomic E-state index is -0.782. The van der Waals surface area contributed by atoms with E-state index in [4.69, 9.17) is 4.42 Å². The number of carbonyl (C=O) groups excluding carboxylic acids is 1. The van der Waals surface area contributed by atoms with Gasteiger partial charge in [-0.05, 0) is 41.3 Å². The van der Waals surface area contributed by atoms with Crippen LogP contribution in [0.25, 0.3) is 11.0 Å². The Morgan fingerprint density at radius 2 is 1.74 bits per heavy atom. The number of nitrogens with zero attached hydrogens (tertiary/aromatic N) is 3. The molecular formula is C24H18FN3O3. The van der Waals surface area contributed by atoms with E-state index in [2.05, 4.69) is 23.8 Å². The summed E-state index contributed by atoms with van der Waals surface area (Å²) in [5.74, 6) is -0.648. The lowest BCUT2D eigenvalue weighted by molar-refractivity contribution is 0.0969. The smallest absolute Gasteiger partial charge is 0.297 e. The van der Waals surface area contributed by atoms with Gasteiger partial charge in [0.25, 0.3) is 5.91 Å². The van der Waals surface area contributed by atoms with Crippen LogP contribution >= 0.6 is 0 Å². The lowest BCUT2D eigenvalue weighted by Crippen LogP contribution is -2.31. The molecule has 5 rings (SSSR count). The van der Waals surface area contributed by atoms with Crippen molar-refractivity contribution < 1.29 is 13.6 Å². The number of hydrogen-bond donors (Lipinski definition) is 0. The number of fused-ring (bicyclic) bond motifs is 2. The first-order chi connectivity index (χ1) is 15.0. The summed E-state index contributed by atoms with van der Waals surface area (Å²) in [5.41, 5.74) is 1.71. The summed E-state index contributed by atoms with van der Waals surface area (Å²) in [6.45, 7) is 4.17. The molecule has 7 heteroatoms. The zero-order valence-electron chi connectivity index (χ0n) is 16.9. The highest BCUT2D eigenvalue weighted by atomic mass is 19.1. The molecule has 0 bridgehead atoms. The Morgan fingerprint density at radius 3 is 2.42 bits per heavy atom. The fourth-order valence-electron chi connectivity index (χ4n) is 3.95. The highest BCUT2D eigenvalue weighted by molar-refractivity contribution is 6.09. The molecule has 0 spiro atoms. The number of halogens is 1. The highest BCUT2D eigenvalue weighted by Gasteiger charge is 2.44. The number of benzene rings is 2. The van der Waals surface area contributed by atoms with E-state index >= 15 is 0 Å². The van der Waals surface area contributed by atoms with Crippen molar-refractivity contribution in [1.29, 1.82) is 0 Å². The molecule has 2 aromatic heterocycles. The summed E-state index contributed by atoms with van der Waals surface area (Å²) in [4.78, 5) is 36.6. The van der Waals surface area contributed by atoms with Crippen molar-refractivity contribution in [3.05, 3.63) is 99.4 Å². The summed E-state index contributed by atoms with van der Waals surface area (Å²) in [7, 11) is 0. The van der Waals surface area contributed by atoms with Crippen molar-refractivity contribution >= 4 is 22.8 Å². The predicted molar refractivity (Wildman–Crippen MR) is 114 cm³/mol. The van der Waals surface area contributed by atoms with Gasteiger partial charge in [0.15, 0.2) is 5.43 Å². The number of aromatic nitrogens is 2. The number of carbonyl (C=O) groups is 1. The van der Waals surface area contributed by atoms with Crippen LogP contribution in [0, 0.1) is 5.82 Å². The maximum Gasteiger partial charge on any atom is 0.297 e. The maximum absolute atomic E-state index is 13.8. The molecule has 31 heavy (non-hydrogen) atoms. The standard InChI is InChI=1S/C24H18FN3O3/c1-13(2)14-4-6-15(7-5-14)20-19-21(29)17-12-16(25)8-9-18(17)31-22(19)23(30)28(20)24-26-10-3-11-27-24/h3-13,20H,1-2H3. The summed E-state index contributed by atoms with van der Waals surface area (Å²) < 4.78 is 19.7. The third-order valence-corrected chi connectivity index (χ3v) is 5.52. The number of anilines is 1. The van der Waals surface area contributed by atoms with Crippen molar-refractivity contribution in [3.8, 4) is 0 Å². The molecule has 2 aromatic carbocycles. The lowest BCUT2D eigenvalue weighted by Gasteiger charge is -2.23. The van der Waals surface area contributed by atoms with E-state index in [9.17, 15) is 14.0 Å². The highest BCUT2D eigenvalue weighted by Crippen LogP contribution is 2.40. The van der Waals surface area contributed by atoms with E-state index in [0.717, 1.165) is 11.6 Å². The van der Waals surface area contributed by atoms with Crippen LogP contribution in [-0.4, -0.2) is 15.9 Å². The molecule has 154 valence electrons. The lowest BCUT2D eigenvalue weighted by atomic mass is 9.95. The molecule has 1 unspecified atom stereocenters.